The fraction of sp³-hybridized carbons (Fsp3) is 0.400. The number of thiophene rings is 1. The highest BCUT2D eigenvalue weighted by molar-refractivity contribution is 7.10. The fourth-order valence-corrected chi connectivity index (χ4v) is 4.53. The van der Waals surface area contributed by atoms with E-state index in [0.29, 0.717) is 25.7 Å². The van der Waals surface area contributed by atoms with Gasteiger partial charge >= 0.3 is 6.18 Å². The number of hydrogen-bond donors (Lipinski definition) is 2. The molecule has 0 saturated heterocycles. The number of halogens is 3. The monoisotopic (exact) mass is 441 g/mol. The van der Waals surface area contributed by atoms with E-state index >= 15 is 0 Å². The Hall–Kier alpha value is -2.43. The molecule has 3 N–H and O–H groups in total. The van der Waals surface area contributed by atoms with Crippen LogP contribution in [0, 0.1) is 0 Å². The third-order valence-corrected chi connectivity index (χ3v) is 6.31. The molecule has 0 fully saturated rings. The Morgan fingerprint density at radius 3 is 2.47 bits per heavy atom. The number of amides is 2. The van der Waals surface area contributed by atoms with Crippen LogP contribution in [-0.4, -0.2) is 48.0 Å². The molecule has 1 aliphatic rings. The van der Waals surface area contributed by atoms with E-state index in [1.165, 1.54) is 6.07 Å². The number of nitrogens with two attached hydrogens (primary N) is 1. The number of nitrogens with zero attached hydrogens (tertiary/aromatic N) is 2. The lowest BCUT2D eigenvalue weighted by Crippen LogP contribution is -2.44. The molecule has 0 radical (unpaired) electrons. The van der Waals surface area contributed by atoms with Gasteiger partial charge in [0.1, 0.15) is 0 Å². The molecule has 0 aliphatic carbocycles. The van der Waals surface area contributed by atoms with Crippen molar-refractivity contribution in [2.24, 2.45) is 5.73 Å². The minimum Gasteiger partial charge on any atom is -0.371 e. The molecule has 0 saturated carbocycles. The van der Waals surface area contributed by atoms with Crippen LogP contribution in [0.25, 0.3) is 0 Å². The Bertz CT molecular complexity index is 958. The van der Waals surface area contributed by atoms with Crippen LogP contribution in [0.4, 0.5) is 18.9 Å². The molecule has 2 amide bonds. The Balaban J connectivity index is 2.25. The van der Waals surface area contributed by atoms with E-state index in [-0.39, 0.29) is 22.7 Å². The van der Waals surface area contributed by atoms with E-state index in [1.807, 2.05) is 18.7 Å². The maximum atomic E-state index is 14.0. The second-order valence-electron chi connectivity index (χ2n) is 6.95. The number of anilines is 1. The summed E-state index contributed by atoms with van der Waals surface area (Å²) in [4.78, 5) is 28.2. The maximum Gasteiger partial charge on any atom is 0.416 e. The SMILES string of the molecule is CCN(CC)CCN1C(=O)C(O)(c2cccs2)c2c1cc(C(N)=O)cc2C(F)(F)F. The molecule has 1 aliphatic heterocycles. The topological polar surface area (TPSA) is 86.9 Å². The third kappa shape index (κ3) is 3.59. The summed E-state index contributed by atoms with van der Waals surface area (Å²) in [5.41, 5.74) is 0.423. The summed E-state index contributed by atoms with van der Waals surface area (Å²) in [6.45, 7) is 5.68. The summed E-state index contributed by atoms with van der Waals surface area (Å²) in [6.07, 6.45) is -4.91. The van der Waals surface area contributed by atoms with Gasteiger partial charge in [0.25, 0.3) is 5.91 Å². The molecule has 1 aromatic heterocycles. The molecule has 10 heteroatoms. The van der Waals surface area contributed by atoms with E-state index in [0.717, 1.165) is 22.3 Å². The van der Waals surface area contributed by atoms with Crippen LogP contribution >= 0.6 is 11.3 Å². The van der Waals surface area contributed by atoms with Crippen LogP contribution in [0.3, 0.4) is 0 Å². The molecule has 2 aromatic rings. The van der Waals surface area contributed by atoms with Gasteiger partial charge in [-0.3, -0.25) is 9.59 Å². The number of likely N-dealkylation sites (N-methyl/N-ethyl adjacent to an activating group) is 1. The van der Waals surface area contributed by atoms with Crippen molar-refractivity contribution in [2.45, 2.75) is 25.6 Å². The highest BCUT2D eigenvalue weighted by Crippen LogP contribution is 2.51. The Kier molecular flexibility index (Phi) is 5.94. The summed E-state index contributed by atoms with van der Waals surface area (Å²) in [7, 11) is 0. The van der Waals surface area contributed by atoms with E-state index in [4.69, 9.17) is 5.73 Å². The minimum atomic E-state index is -4.91. The number of alkyl halides is 3. The number of primary amides is 1. The second kappa shape index (κ2) is 8.01. The van der Waals surface area contributed by atoms with Crippen molar-refractivity contribution in [1.82, 2.24) is 4.90 Å². The van der Waals surface area contributed by atoms with Crippen LogP contribution in [0.15, 0.2) is 29.6 Å². The van der Waals surface area contributed by atoms with Crippen molar-refractivity contribution in [3.63, 3.8) is 0 Å². The zero-order valence-electron chi connectivity index (χ0n) is 16.5. The number of benzene rings is 1. The molecular formula is C20H22F3N3O3S. The standard InChI is InChI=1S/C20H22F3N3O3S/c1-3-25(4-2)7-8-26-14-11-12(17(24)27)10-13(20(21,22)23)16(14)19(29,18(26)28)15-6-5-9-30-15/h5-6,9-11,29H,3-4,7-8H2,1-2H3,(H2,24,27). The highest BCUT2D eigenvalue weighted by Gasteiger charge is 2.56. The first-order chi connectivity index (χ1) is 14.1. The lowest BCUT2D eigenvalue weighted by atomic mass is 9.88. The number of fused-ring (bicyclic) bond motifs is 1. The number of rotatable bonds is 7. The third-order valence-electron chi connectivity index (χ3n) is 5.33. The first-order valence-corrected chi connectivity index (χ1v) is 10.3. The fourth-order valence-electron chi connectivity index (χ4n) is 3.71. The zero-order valence-corrected chi connectivity index (χ0v) is 17.3. The number of aliphatic hydroxyl groups is 1. The van der Waals surface area contributed by atoms with E-state index in [2.05, 4.69) is 0 Å². The molecule has 30 heavy (non-hydrogen) atoms. The van der Waals surface area contributed by atoms with Gasteiger partial charge in [0.15, 0.2) is 0 Å². The summed E-state index contributed by atoms with van der Waals surface area (Å²) in [5, 5.41) is 13.0. The van der Waals surface area contributed by atoms with Gasteiger partial charge in [0.2, 0.25) is 11.5 Å². The average Bonchev–Trinajstić information content (AvgIpc) is 3.30. The van der Waals surface area contributed by atoms with Crippen LogP contribution in [0.2, 0.25) is 0 Å². The number of carbonyl (C=O) groups is 2. The van der Waals surface area contributed by atoms with Gasteiger partial charge in [-0.25, -0.2) is 0 Å². The van der Waals surface area contributed by atoms with Crippen molar-refractivity contribution in [1.29, 1.82) is 0 Å². The molecule has 0 bridgehead atoms. The van der Waals surface area contributed by atoms with E-state index in [1.54, 1.807) is 11.4 Å². The van der Waals surface area contributed by atoms with Gasteiger partial charge in [-0.1, -0.05) is 19.9 Å². The molecule has 1 unspecified atom stereocenters. The quantitative estimate of drug-likeness (QED) is 0.692. The average molecular weight is 441 g/mol. The lowest BCUT2D eigenvalue weighted by Gasteiger charge is -2.25. The predicted molar refractivity (Wildman–Crippen MR) is 107 cm³/mol. The number of hydrogen-bond acceptors (Lipinski definition) is 5. The molecule has 3 rings (SSSR count). The van der Waals surface area contributed by atoms with Crippen molar-refractivity contribution in [2.75, 3.05) is 31.1 Å². The molecule has 0 spiro atoms. The number of carbonyl (C=O) groups excluding carboxylic acids is 2. The zero-order chi connectivity index (χ0) is 22.3. The Morgan fingerprint density at radius 2 is 1.97 bits per heavy atom. The highest BCUT2D eigenvalue weighted by atomic mass is 32.1. The predicted octanol–water partition coefficient (Wildman–Crippen LogP) is 2.79. The smallest absolute Gasteiger partial charge is 0.371 e. The van der Waals surface area contributed by atoms with Crippen LogP contribution in [0.5, 0.6) is 0 Å². The van der Waals surface area contributed by atoms with Crippen molar-refractivity contribution < 1.29 is 27.9 Å². The summed E-state index contributed by atoms with van der Waals surface area (Å²) in [6, 6.07) is 4.72. The van der Waals surface area contributed by atoms with Crippen LogP contribution < -0.4 is 10.6 Å². The minimum absolute atomic E-state index is 0.0563. The molecule has 162 valence electrons. The van der Waals surface area contributed by atoms with Gasteiger partial charge < -0.3 is 20.6 Å². The van der Waals surface area contributed by atoms with Gasteiger partial charge in [0, 0.05) is 24.2 Å². The van der Waals surface area contributed by atoms with Gasteiger partial charge in [-0.2, -0.15) is 13.2 Å². The lowest BCUT2D eigenvalue weighted by molar-refractivity contribution is -0.141. The van der Waals surface area contributed by atoms with Crippen LogP contribution in [-0.2, 0) is 16.6 Å². The van der Waals surface area contributed by atoms with Crippen molar-refractivity contribution in [3.05, 3.63) is 51.2 Å². The maximum absolute atomic E-state index is 14.0. The van der Waals surface area contributed by atoms with E-state index in [9.17, 15) is 27.9 Å². The molecule has 2 heterocycles. The largest absolute Gasteiger partial charge is 0.416 e. The molecular weight excluding hydrogens is 419 g/mol. The van der Waals surface area contributed by atoms with Crippen molar-refractivity contribution >= 4 is 28.8 Å². The van der Waals surface area contributed by atoms with E-state index < -0.39 is 34.7 Å². The van der Waals surface area contributed by atoms with Gasteiger partial charge in [0.05, 0.1) is 16.1 Å². The first-order valence-electron chi connectivity index (χ1n) is 9.41. The molecule has 6 nitrogen and oxygen atoms in total. The van der Waals surface area contributed by atoms with Crippen LogP contribution in [0.1, 0.15) is 40.2 Å². The Morgan fingerprint density at radius 1 is 1.30 bits per heavy atom. The summed E-state index contributed by atoms with van der Waals surface area (Å²) < 4.78 is 41.9. The Labute approximate surface area is 175 Å². The molecule has 1 aromatic carbocycles. The summed E-state index contributed by atoms with van der Waals surface area (Å²) >= 11 is 0.985. The van der Waals surface area contributed by atoms with Crippen molar-refractivity contribution in [3.8, 4) is 0 Å². The normalized spacial score (nSPS) is 18.9. The second-order valence-corrected chi connectivity index (χ2v) is 7.90. The molecule has 1 atom stereocenters. The van der Waals surface area contributed by atoms with Gasteiger partial charge in [-0.15, -0.1) is 11.3 Å². The van der Waals surface area contributed by atoms with Gasteiger partial charge in [-0.05, 0) is 36.7 Å². The first kappa shape index (κ1) is 22.3. The summed E-state index contributed by atoms with van der Waals surface area (Å²) in [5.74, 6) is -1.93.